The van der Waals surface area contributed by atoms with E-state index in [1.165, 1.54) is 6.08 Å². The van der Waals surface area contributed by atoms with E-state index in [0.29, 0.717) is 46.9 Å². The van der Waals surface area contributed by atoms with E-state index in [1.807, 2.05) is 54.6 Å². The first-order valence-electron chi connectivity index (χ1n) is 19.4. The molecule has 15 heteroatoms. The summed E-state index contributed by atoms with van der Waals surface area (Å²) in [6.45, 7) is 14.1. The molecule has 0 radical (unpaired) electrons. The summed E-state index contributed by atoms with van der Waals surface area (Å²) in [5, 5.41) is 8.22. The van der Waals surface area contributed by atoms with Crippen molar-refractivity contribution in [1.29, 1.82) is 0 Å². The molecule has 4 aromatic rings. The first-order chi connectivity index (χ1) is 27.7. The molecule has 312 valence electrons. The molecular formula is C44H51N5O9S. The Balaban J connectivity index is 1.33. The zero-order chi connectivity index (χ0) is 42.9. The molecule has 1 unspecified atom stereocenters. The average Bonchev–Trinajstić information content (AvgIpc) is 4.11. The molecule has 4 atom stereocenters. The van der Waals surface area contributed by atoms with E-state index in [4.69, 9.17) is 19.2 Å². The minimum atomic E-state index is -3.94. The highest BCUT2D eigenvalue weighted by molar-refractivity contribution is 7.91. The number of aromatic nitrogens is 1. The molecule has 3 aromatic carbocycles. The van der Waals surface area contributed by atoms with Gasteiger partial charge in [-0.05, 0) is 75.3 Å². The number of methoxy groups -OCH3 is 1. The normalized spacial score (nSPS) is 18.7. The van der Waals surface area contributed by atoms with Crippen LogP contribution in [0.15, 0.2) is 91.5 Å². The van der Waals surface area contributed by atoms with Crippen molar-refractivity contribution in [2.75, 3.05) is 7.11 Å². The van der Waals surface area contributed by atoms with E-state index in [9.17, 15) is 27.6 Å². The highest BCUT2D eigenvalue weighted by Crippen LogP contribution is 2.45. The summed E-state index contributed by atoms with van der Waals surface area (Å²) in [4.78, 5) is 59.8. The number of ether oxygens (including phenoxy) is 3. The molecule has 0 spiro atoms. The summed E-state index contributed by atoms with van der Waals surface area (Å²) in [7, 11) is -2.36. The number of rotatable bonds is 14. The van der Waals surface area contributed by atoms with Crippen LogP contribution in [0.1, 0.15) is 72.4 Å². The van der Waals surface area contributed by atoms with Gasteiger partial charge >= 0.3 is 6.09 Å². The fourth-order valence-electron chi connectivity index (χ4n) is 6.63. The van der Waals surface area contributed by atoms with Crippen molar-refractivity contribution in [3.8, 4) is 28.5 Å². The van der Waals surface area contributed by atoms with E-state index in [2.05, 4.69) is 27.3 Å². The van der Waals surface area contributed by atoms with Crippen LogP contribution in [0.5, 0.6) is 17.2 Å². The Bertz CT molecular complexity index is 2370. The fourth-order valence-corrected chi connectivity index (χ4v) is 8.00. The van der Waals surface area contributed by atoms with Crippen molar-refractivity contribution in [1.82, 2.24) is 25.7 Å². The molecule has 4 N–H and O–H groups in total. The van der Waals surface area contributed by atoms with Gasteiger partial charge in [0.15, 0.2) is 0 Å². The summed E-state index contributed by atoms with van der Waals surface area (Å²) in [5.74, 6) is -1.42. The van der Waals surface area contributed by atoms with Crippen molar-refractivity contribution in [2.24, 2.45) is 11.3 Å². The number of pyridine rings is 1. The minimum Gasteiger partial charge on any atom is -0.497 e. The smallest absolute Gasteiger partial charge is 0.408 e. The van der Waals surface area contributed by atoms with Gasteiger partial charge in [-0.1, -0.05) is 69.3 Å². The number of hydrogen-bond acceptors (Lipinski definition) is 10. The average molecular weight is 826 g/mol. The number of benzene rings is 3. The lowest BCUT2D eigenvalue weighted by Crippen LogP contribution is -2.58. The molecule has 2 aliphatic carbocycles. The third-order valence-corrected chi connectivity index (χ3v) is 11.9. The van der Waals surface area contributed by atoms with Crippen LogP contribution in [0, 0.1) is 11.3 Å². The molecule has 14 nitrogen and oxygen atoms in total. The lowest BCUT2D eigenvalue weighted by molar-refractivity contribution is -0.134. The Kier molecular flexibility index (Phi) is 11.8. The van der Waals surface area contributed by atoms with E-state index >= 15 is 0 Å². The van der Waals surface area contributed by atoms with Gasteiger partial charge < -0.3 is 30.2 Å². The standard InChI is InChI=1S/C44H51N5O9S/c1-9-28-25-44(28,40(52)49-59(54,55)31-20-21-31)48-38(50)36(46-39(51)37(42(2,3)4)47-41(53)58-43(5,6)7)27-15-17-29(18-16-27)57-35-24-33(26-13-11-10-12-14-26)45-34-23-30(56-8)19-22-32(34)35/h9-19,22-24,28,31,36-37H,1,20-21,25H2,2-8H3,(H,46,51)(H,47,53)(H,48,50)(H,49,52)/t28-,36+,37-,44?/m1/s1. The Morgan fingerprint density at radius 3 is 2.12 bits per heavy atom. The molecule has 1 aromatic heterocycles. The molecule has 0 saturated heterocycles. The first kappa shape index (κ1) is 42.6. The minimum absolute atomic E-state index is 0.100. The zero-order valence-corrected chi connectivity index (χ0v) is 35.1. The largest absolute Gasteiger partial charge is 0.497 e. The number of fused-ring (bicyclic) bond motifs is 1. The fraction of sp³-hybridized carbons (Fsp3) is 0.386. The molecule has 1 heterocycles. The number of nitrogens with one attached hydrogen (secondary N) is 4. The number of sulfonamides is 1. The van der Waals surface area contributed by atoms with Crippen LogP contribution < -0.4 is 30.1 Å². The Labute approximate surface area is 344 Å². The topological polar surface area (TPSA) is 191 Å². The van der Waals surface area contributed by atoms with Crippen LogP contribution in [-0.2, 0) is 29.1 Å². The second-order valence-corrected chi connectivity index (χ2v) is 19.0. The number of carbonyl (C=O) groups is 4. The Hall–Kier alpha value is -5.96. The molecule has 6 rings (SSSR count). The molecule has 0 bridgehead atoms. The lowest BCUT2D eigenvalue weighted by Gasteiger charge is -2.33. The number of amides is 4. The second-order valence-electron chi connectivity index (χ2n) is 17.0. The van der Waals surface area contributed by atoms with Gasteiger partial charge in [0.1, 0.15) is 40.5 Å². The van der Waals surface area contributed by atoms with Gasteiger partial charge in [0.2, 0.25) is 21.8 Å². The molecule has 59 heavy (non-hydrogen) atoms. The summed E-state index contributed by atoms with van der Waals surface area (Å²) in [6.07, 6.45) is 1.63. The van der Waals surface area contributed by atoms with Gasteiger partial charge in [0.25, 0.3) is 5.91 Å². The quantitative estimate of drug-likeness (QED) is 0.103. The Morgan fingerprint density at radius 1 is 0.881 bits per heavy atom. The van der Waals surface area contributed by atoms with Gasteiger partial charge in [-0.2, -0.15) is 0 Å². The number of carbonyl (C=O) groups excluding carboxylic acids is 4. The van der Waals surface area contributed by atoms with Crippen LogP contribution in [0.25, 0.3) is 22.2 Å². The zero-order valence-electron chi connectivity index (χ0n) is 34.3. The summed E-state index contributed by atoms with van der Waals surface area (Å²) in [6, 6.07) is 20.8. The van der Waals surface area contributed by atoms with Gasteiger partial charge in [-0.3, -0.25) is 19.1 Å². The predicted octanol–water partition coefficient (Wildman–Crippen LogP) is 6.47. The molecule has 4 amide bonds. The van der Waals surface area contributed by atoms with Crippen LogP contribution >= 0.6 is 0 Å². The van der Waals surface area contributed by atoms with E-state index in [0.717, 1.165) is 10.9 Å². The third kappa shape index (κ3) is 10.0. The van der Waals surface area contributed by atoms with Gasteiger partial charge in [0, 0.05) is 29.0 Å². The summed E-state index contributed by atoms with van der Waals surface area (Å²) in [5.41, 5.74) is -0.813. The van der Waals surface area contributed by atoms with Crippen LogP contribution in [0.2, 0.25) is 0 Å². The molecule has 2 aliphatic rings. The molecular weight excluding hydrogens is 775 g/mol. The van der Waals surface area contributed by atoms with Gasteiger partial charge in [-0.25, -0.2) is 18.2 Å². The van der Waals surface area contributed by atoms with E-state index in [1.54, 1.807) is 72.9 Å². The van der Waals surface area contributed by atoms with Crippen molar-refractivity contribution in [3.05, 3.63) is 97.1 Å². The van der Waals surface area contributed by atoms with Crippen molar-refractivity contribution in [3.63, 3.8) is 0 Å². The lowest BCUT2D eigenvalue weighted by atomic mass is 9.86. The monoisotopic (exact) mass is 825 g/mol. The maximum Gasteiger partial charge on any atom is 0.408 e. The van der Waals surface area contributed by atoms with Gasteiger partial charge in [0.05, 0.1) is 23.6 Å². The highest BCUT2D eigenvalue weighted by Gasteiger charge is 2.61. The van der Waals surface area contributed by atoms with Crippen molar-refractivity contribution >= 4 is 44.7 Å². The van der Waals surface area contributed by atoms with Crippen LogP contribution in [0.3, 0.4) is 0 Å². The summed E-state index contributed by atoms with van der Waals surface area (Å²) < 4.78 is 45.0. The molecule has 2 fully saturated rings. The predicted molar refractivity (Wildman–Crippen MR) is 223 cm³/mol. The number of alkyl carbamates (subject to hydrolysis) is 1. The summed E-state index contributed by atoms with van der Waals surface area (Å²) >= 11 is 0. The molecule has 2 saturated carbocycles. The highest BCUT2D eigenvalue weighted by atomic mass is 32.2. The van der Waals surface area contributed by atoms with Crippen molar-refractivity contribution < 1.29 is 41.8 Å². The second kappa shape index (κ2) is 16.4. The number of nitrogens with zero attached hydrogens (tertiary/aromatic N) is 1. The third-order valence-electron chi connectivity index (χ3n) is 10.1. The van der Waals surface area contributed by atoms with E-state index in [-0.39, 0.29) is 6.42 Å². The van der Waals surface area contributed by atoms with E-state index < -0.39 is 73.6 Å². The number of hydrogen-bond donors (Lipinski definition) is 4. The van der Waals surface area contributed by atoms with Crippen LogP contribution in [-0.4, -0.2) is 66.8 Å². The maximum absolute atomic E-state index is 14.4. The van der Waals surface area contributed by atoms with Gasteiger partial charge in [-0.15, -0.1) is 6.58 Å². The SMILES string of the molecule is C=C[C@@H]1CC1(NC(=O)[C@@H](NC(=O)[C@@H](NC(=O)OC(C)(C)C)C(C)(C)C)c1ccc(Oc2cc(-c3ccccc3)nc3cc(OC)ccc23)cc1)C(=O)NS(=O)(=O)C1CC1. The Morgan fingerprint density at radius 2 is 1.54 bits per heavy atom. The van der Waals surface area contributed by atoms with Crippen LogP contribution in [0.4, 0.5) is 4.79 Å². The maximum atomic E-state index is 14.4. The molecule has 0 aliphatic heterocycles. The first-order valence-corrected chi connectivity index (χ1v) is 20.9. The van der Waals surface area contributed by atoms with Crippen molar-refractivity contribution in [2.45, 2.75) is 89.3 Å².